The first kappa shape index (κ1) is 12.7. The Morgan fingerprint density at radius 1 is 1.67 bits per heavy atom. The minimum absolute atomic E-state index is 0.0368. The van der Waals surface area contributed by atoms with Crippen LogP contribution in [0.25, 0.3) is 0 Å². The molecule has 2 atom stereocenters. The predicted molar refractivity (Wildman–Crippen MR) is 60.9 cm³/mol. The number of ether oxygens (including phenoxy) is 2. The van der Waals surface area contributed by atoms with E-state index in [0.717, 1.165) is 17.6 Å². The smallest absolute Gasteiger partial charge is 0.336 e. The summed E-state index contributed by atoms with van der Waals surface area (Å²) in [5, 5.41) is 0. The SMILES string of the molecule is C=C(Br)CN1CC(C(=O)OC)O[C@H](C)C1. The van der Waals surface area contributed by atoms with Crippen LogP contribution < -0.4 is 0 Å². The Hall–Kier alpha value is -0.390. The van der Waals surface area contributed by atoms with Crippen LogP contribution in [0.4, 0.5) is 0 Å². The summed E-state index contributed by atoms with van der Waals surface area (Å²) in [6.45, 7) is 7.81. The highest BCUT2D eigenvalue weighted by Gasteiger charge is 2.30. The molecule has 0 saturated carbocycles. The molecular weight excluding hydrogens is 262 g/mol. The van der Waals surface area contributed by atoms with Gasteiger partial charge in [0.1, 0.15) is 0 Å². The van der Waals surface area contributed by atoms with Crippen LogP contribution in [0, 0.1) is 0 Å². The lowest BCUT2D eigenvalue weighted by Crippen LogP contribution is -2.50. The van der Waals surface area contributed by atoms with Crippen molar-refractivity contribution in [2.45, 2.75) is 19.1 Å². The van der Waals surface area contributed by atoms with E-state index in [9.17, 15) is 4.79 Å². The van der Waals surface area contributed by atoms with Crippen molar-refractivity contribution in [2.24, 2.45) is 0 Å². The van der Waals surface area contributed by atoms with Crippen LogP contribution in [0.15, 0.2) is 11.1 Å². The van der Waals surface area contributed by atoms with Crippen molar-refractivity contribution in [1.82, 2.24) is 4.90 Å². The Bertz CT molecular complexity index is 257. The third-order valence-electron chi connectivity index (χ3n) is 2.20. The summed E-state index contributed by atoms with van der Waals surface area (Å²) in [6.07, 6.45) is -0.444. The van der Waals surface area contributed by atoms with Crippen molar-refractivity contribution in [1.29, 1.82) is 0 Å². The average molecular weight is 278 g/mol. The average Bonchev–Trinajstić information content (AvgIpc) is 2.14. The van der Waals surface area contributed by atoms with E-state index < -0.39 is 6.10 Å². The van der Waals surface area contributed by atoms with Gasteiger partial charge in [-0.3, -0.25) is 4.90 Å². The van der Waals surface area contributed by atoms with Crippen LogP contribution in [0.2, 0.25) is 0 Å². The topological polar surface area (TPSA) is 38.8 Å². The monoisotopic (exact) mass is 277 g/mol. The summed E-state index contributed by atoms with van der Waals surface area (Å²) in [7, 11) is 1.37. The number of halogens is 1. The number of rotatable bonds is 3. The first-order chi connectivity index (χ1) is 7.02. The fourth-order valence-electron chi connectivity index (χ4n) is 1.67. The van der Waals surface area contributed by atoms with Gasteiger partial charge in [0.05, 0.1) is 13.2 Å². The molecule has 1 heterocycles. The van der Waals surface area contributed by atoms with Crippen molar-refractivity contribution >= 4 is 21.9 Å². The van der Waals surface area contributed by atoms with Gasteiger partial charge in [-0.15, -0.1) is 0 Å². The quantitative estimate of drug-likeness (QED) is 0.726. The molecule has 1 saturated heterocycles. The summed E-state index contributed by atoms with van der Waals surface area (Å²) in [6, 6.07) is 0. The highest BCUT2D eigenvalue weighted by molar-refractivity contribution is 9.11. The molecule has 0 bridgehead atoms. The van der Waals surface area contributed by atoms with Crippen molar-refractivity contribution in [3.8, 4) is 0 Å². The van der Waals surface area contributed by atoms with Crippen LogP contribution in [0.3, 0.4) is 0 Å². The fraction of sp³-hybridized carbons (Fsp3) is 0.700. The molecule has 0 aromatic rings. The van der Waals surface area contributed by atoms with Gasteiger partial charge in [-0.2, -0.15) is 0 Å². The molecule has 1 aliphatic rings. The lowest BCUT2D eigenvalue weighted by atomic mass is 10.2. The first-order valence-corrected chi connectivity index (χ1v) is 5.61. The molecule has 5 heteroatoms. The van der Waals surface area contributed by atoms with Gasteiger partial charge in [-0.25, -0.2) is 4.79 Å². The van der Waals surface area contributed by atoms with Crippen LogP contribution in [-0.4, -0.2) is 49.8 Å². The molecule has 1 aliphatic heterocycles. The molecule has 4 nitrogen and oxygen atoms in total. The van der Waals surface area contributed by atoms with Crippen molar-refractivity contribution in [2.75, 3.05) is 26.7 Å². The lowest BCUT2D eigenvalue weighted by molar-refractivity contribution is -0.165. The van der Waals surface area contributed by atoms with Gasteiger partial charge in [0, 0.05) is 24.1 Å². The molecule has 1 unspecified atom stereocenters. The number of esters is 1. The molecule has 86 valence electrons. The highest BCUT2D eigenvalue weighted by atomic mass is 79.9. The van der Waals surface area contributed by atoms with Crippen molar-refractivity contribution in [3.05, 3.63) is 11.1 Å². The zero-order chi connectivity index (χ0) is 11.4. The highest BCUT2D eigenvalue weighted by Crippen LogP contribution is 2.14. The second-order valence-electron chi connectivity index (χ2n) is 3.67. The summed E-state index contributed by atoms with van der Waals surface area (Å²) in [5.41, 5.74) is 0. The van der Waals surface area contributed by atoms with Gasteiger partial charge in [-0.1, -0.05) is 22.5 Å². The Kier molecular flexibility index (Phi) is 4.76. The summed E-state index contributed by atoms with van der Waals surface area (Å²) in [5.74, 6) is -0.313. The largest absolute Gasteiger partial charge is 0.467 e. The third-order valence-corrected chi connectivity index (χ3v) is 2.45. The molecule has 0 amide bonds. The van der Waals surface area contributed by atoms with Crippen molar-refractivity contribution < 1.29 is 14.3 Å². The van der Waals surface area contributed by atoms with Gasteiger partial charge in [0.15, 0.2) is 6.10 Å². The number of carbonyl (C=O) groups is 1. The maximum atomic E-state index is 11.3. The Morgan fingerprint density at radius 3 is 2.87 bits per heavy atom. The third kappa shape index (κ3) is 3.93. The number of hydrogen-bond donors (Lipinski definition) is 0. The van der Waals surface area contributed by atoms with Gasteiger partial charge < -0.3 is 9.47 Å². The number of nitrogens with zero attached hydrogens (tertiary/aromatic N) is 1. The Labute approximate surface area is 98.3 Å². The second-order valence-corrected chi connectivity index (χ2v) is 4.79. The van der Waals surface area contributed by atoms with E-state index in [1.165, 1.54) is 7.11 Å². The molecule has 0 aromatic carbocycles. The molecule has 0 N–H and O–H groups in total. The van der Waals surface area contributed by atoms with Crippen molar-refractivity contribution in [3.63, 3.8) is 0 Å². The van der Waals surface area contributed by atoms with E-state index in [4.69, 9.17) is 4.74 Å². The lowest BCUT2D eigenvalue weighted by Gasteiger charge is -2.35. The summed E-state index contributed by atoms with van der Waals surface area (Å²) in [4.78, 5) is 13.5. The normalized spacial score (nSPS) is 27.4. The standard InChI is InChI=1S/C10H16BrNO3/c1-7(11)4-12-5-8(2)15-9(6-12)10(13)14-3/h8-9H,1,4-6H2,2-3H3/t8-,9?/m1/s1. The molecule has 0 spiro atoms. The van der Waals surface area contributed by atoms with E-state index >= 15 is 0 Å². The second kappa shape index (κ2) is 5.63. The zero-order valence-electron chi connectivity index (χ0n) is 9.03. The molecule has 0 aliphatic carbocycles. The molecule has 1 rings (SSSR count). The minimum atomic E-state index is -0.481. The maximum absolute atomic E-state index is 11.3. The number of hydrogen-bond acceptors (Lipinski definition) is 4. The summed E-state index contributed by atoms with van der Waals surface area (Å²) < 4.78 is 11.1. The number of methoxy groups -OCH3 is 1. The Morgan fingerprint density at radius 2 is 2.33 bits per heavy atom. The molecular formula is C10H16BrNO3. The van der Waals surface area contributed by atoms with Gasteiger partial charge in [0.25, 0.3) is 0 Å². The van der Waals surface area contributed by atoms with E-state index in [1.54, 1.807) is 0 Å². The minimum Gasteiger partial charge on any atom is -0.467 e. The summed E-state index contributed by atoms with van der Waals surface area (Å²) >= 11 is 3.31. The van der Waals surface area contributed by atoms with E-state index in [2.05, 4.69) is 32.1 Å². The van der Waals surface area contributed by atoms with Crippen LogP contribution in [-0.2, 0) is 14.3 Å². The van der Waals surface area contributed by atoms with E-state index in [0.29, 0.717) is 6.54 Å². The van der Waals surface area contributed by atoms with E-state index in [-0.39, 0.29) is 12.1 Å². The van der Waals surface area contributed by atoms with Crippen LogP contribution >= 0.6 is 15.9 Å². The first-order valence-electron chi connectivity index (χ1n) is 4.82. The zero-order valence-corrected chi connectivity index (χ0v) is 10.6. The Balaban J connectivity index is 2.55. The number of carbonyl (C=O) groups excluding carboxylic acids is 1. The molecule has 0 radical (unpaired) electrons. The van der Waals surface area contributed by atoms with Crippen LogP contribution in [0.1, 0.15) is 6.92 Å². The maximum Gasteiger partial charge on any atom is 0.336 e. The van der Waals surface area contributed by atoms with Gasteiger partial charge in [0.2, 0.25) is 0 Å². The van der Waals surface area contributed by atoms with Gasteiger partial charge in [-0.05, 0) is 6.92 Å². The molecule has 15 heavy (non-hydrogen) atoms. The van der Waals surface area contributed by atoms with Crippen LogP contribution in [0.5, 0.6) is 0 Å². The number of morpholine rings is 1. The van der Waals surface area contributed by atoms with E-state index in [1.807, 2.05) is 6.92 Å². The predicted octanol–water partition coefficient (Wildman–Crippen LogP) is 1.16. The fourth-order valence-corrected chi connectivity index (χ4v) is 2.03. The molecule has 0 aromatic heterocycles. The molecule has 1 fully saturated rings. The van der Waals surface area contributed by atoms with Gasteiger partial charge >= 0.3 is 5.97 Å².